The first kappa shape index (κ1) is 31.3. The molecule has 0 radical (unpaired) electrons. The van der Waals surface area contributed by atoms with Gasteiger partial charge >= 0.3 is 18.0 Å². The Morgan fingerprint density at radius 2 is 1.23 bits per heavy atom. The molecule has 0 N–H and O–H groups in total. The molecular weight excluding hydrogens is 552 g/mol. The third-order valence-corrected chi connectivity index (χ3v) is 9.46. The second-order valence-electron chi connectivity index (χ2n) is 12.6. The summed E-state index contributed by atoms with van der Waals surface area (Å²) in [6.07, 6.45) is 2.53. The normalized spacial score (nSPS) is 24.4. The minimum Gasteiger partial charge on any atom is -0.467 e. The zero-order chi connectivity index (χ0) is 31.4. The predicted molar refractivity (Wildman–Crippen MR) is 169 cm³/mol. The first-order valence-electron chi connectivity index (χ1n) is 15.8. The number of hydrogen-bond donors (Lipinski definition) is 0. The zero-order valence-electron chi connectivity index (χ0n) is 26.3. The maximum Gasteiger partial charge on any atom is 0.332 e. The molecule has 5 rings (SSSR count). The molecule has 1 saturated carbocycles. The highest BCUT2D eigenvalue weighted by atomic mass is 16.5. The lowest BCUT2D eigenvalue weighted by Crippen LogP contribution is -2.51. The molecule has 7 nitrogen and oxygen atoms in total. The molecular formula is C37H44N2O5. The lowest BCUT2D eigenvalue weighted by Gasteiger charge is -2.38. The van der Waals surface area contributed by atoms with Crippen LogP contribution in [0.25, 0.3) is 0 Å². The number of carbonyl (C=O) groups is 3. The summed E-state index contributed by atoms with van der Waals surface area (Å²) in [5.74, 6) is -0.263. The Balaban J connectivity index is 1.64. The number of esters is 2. The molecule has 5 unspecified atom stereocenters. The summed E-state index contributed by atoms with van der Waals surface area (Å²) in [5, 5.41) is 0. The second-order valence-corrected chi connectivity index (χ2v) is 12.6. The Bertz CT molecular complexity index is 1370. The van der Waals surface area contributed by atoms with Crippen LogP contribution in [0.15, 0.2) is 91.0 Å². The maximum atomic E-state index is 14.8. The smallest absolute Gasteiger partial charge is 0.332 e. The third kappa shape index (κ3) is 6.23. The number of carbonyl (C=O) groups excluding carboxylic acids is 3. The Hall–Kier alpha value is -4.13. The standard InChI is InChI=1S/C37H44N2O5/c1-24(2)30-22-21-25(3)23-31(30)44-36(41)34-33(35(40)43-5)39(37(42)38(34)26(4)27-15-9-6-10-16-27)32(28-17-11-7-12-18-28)29-19-13-8-14-20-29/h6-20,24-26,30-34H,21-23H2,1-5H3/t25?,26-,30?,31?,33?,34?/m0/s1. The van der Waals surface area contributed by atoms with Gasteiger partial charge in [-0.15, -0.1) is 0 Å². The minimum atomic E-state index is -1.23. The summed E-state index contributed by atoms with van der Waals surface area (Å²) in [6.45, 7) is 8.40. The lowest BCUT2D eigenvalue weighted by molar-refractivity contribution is -0.166. The average molecular weight is 597 g/mol. The van der Waals surface area contributed by atoms with E-state index in [1.165, 1.54) is 16.9 Å². The quantitative estimate of drug-likeness (QED) is 0.245. The van der Waals surface area contributed by atoms with E-state index in [0.717, 1.165) is 36.0 Å². The Labute approximate surface area is 261 Å². The van der Waals surface area contributed by atoms with Crippen LogP contribution in [0.2, 0.25) is 0 Å². The molecule has 2 aliphatic rings. The van der Waals surface area contributed by atoms with Crippen LogP contribution < -0.4 is 0 Å². The lowest BCUT2D eigenvalue weighted by atomic mass is 9.75. The van der Waals surface area contributed by atoms with E-state index in [-0.39, 0.29) is 12.0 Å². The van der Waals surface area contributed by atoms with Crippen LogP contribution >= 0.6 is 0 Å². The van der Waals surface area contributed by atoms with Gasteiger partial charge in [-0.3, -0.25) is 4.90 Å². The largest absolute Gasteiger partial charge is 0.467 e. The summed E-state index contributed by atoms with van der Waals surface area (Å²) in [4.78, 5) is 46.2. The molecule has 2 fully saturated rings. The van der Waals surface area contributed by atoms with Crippen molar-refractivity contribution < 1.29 is 23.9 Å². The Morgan fingerprint density at radius 3 is 1.73 bits per heavy atom. The van der Waals surface area contributed by atoms with Crippen molar-refractivity contribution in [1.29, 1.82) is 0 Å². The third-order valence-electron chi connectivity index (χ3n) is 9.46. The number of rotatable bonds is 9. The molecule has 0 aromatic heterocycles. The van der Waals surface area contributed by atoms with Crippen molar-refractivity contribution in [2.24, 2.45) is 17.8 Å². The van der Waals surface area contributed by atoms with Crippen molar-refractivity contribution in [3.8, 4) is 0 Å². The summed E-state index contributed by atoms with van der Waals surface area (Å²) in [6, 6.07) is 24.8. The van der Waals surface area contributed by atoms with Gasteiger partial charge in [-0.05, 0) is 54.2 Å². The van der Waals surface area contributed by atoms with E-state index in [0.29, 0.717) is 11.8 Å². The highest BCUT2D eigenvalue weighted by molar-refractivity contribution is 5.98. The van der Waals surface area contributed by atoms with Crippen LogP contribution in [0.4, 0.5) is 4.79 Å². The minimum absolute atomic E-state index is 0.210. The zero-order valence-corrected chi connectivity index (χ0v) is 26.3. The average Bonchev–Trinajstić information content (AvgIpc) is 3.34. The summed E-state index contributed by atoms with van der Waals surface area (Å²) in [7, 11) is 1.30. The summed E-state index contributed by atoms with van der Waals surface area (Å²) in [5.41, 5.74) is 2.50. The molecule has 1 aliphatic carbocycles. The van der Waals surface area contributed by atoms with Crippen LogP contribution in [-0.2, 0) is 19.1 Å². The topological polar surface area (TPSA) is 76.2 Å². The van der Waals surface area contributed by atoms with Gasteiger partial charge in [0.2, 0.25) is 0 Å². The van der Waals surface area contributed by atoms with Crippen LogP contribution in [0.3, 0.4) is 0 Å². The van der Waals surface area contributed by atoms with Crippen molar-refractivity contribution in [2.45, 2.75) is 77.2 Å². The van der Waals surface area contributed by atoms with Crippen molar-refractivity contribution >= 4 is 18.0 Å². The van der Waals surface area contributed by atoms with Gasteiger partial charge < -0.3 is 14.4 Å². The van der Waals surface area contributed by atoms with Crippen LogP contribution in [0.5, 0.6) is 0 Å². The highest BCUT2D eigenvalue weighted by Crippen LogP contribution is 2.42. The molecule has 1 heterocycles. The van der Waals surface area contributed by atoms with Crippen molar-refractivity contribution in [2.75, 3.05) is 7.11 Å². The number of methoxy groups -OCH3 is 1. The van der Waals surface area contributed by atoms with Crippen LogP contribution in [0.1, 0.15) is 75.7 Å². The SMILES string of the molecule is COC(=O)C1C(C(=O)OC2CC(C)CCC2C(C)C)N([C@@H](C)c2ccccc2)C(=O)N1C(c1ccccc1)c1ccccc1. The van der Waals surface area contributed by atoms with Gasteiger partial charge in [-0.25, -0.2) is 14.4 Å². The van der Waals surface area contributed by atoms with Gasteiger partial charge in [-0.1, -0.05) is 118 Å². The highest BCUT2D eigenvalue weighted by Gasteiger charge is 2.58. The van der Waals surface area contributed by atoms with E-state index < -0.39 is 42.1 Å². The van der Waals surface area contributed by atoms with Gasteiger partial charge in [0.15, 0.2) is 12.1 Å². The molecule has 1 aliphatic heterocycles. The van der Waals surface area contributed by atoms with E-state index in [1.807, 2.05) is 97.9 Å². The maximum absolute atomic E-state index is 14.8. The molecule has 3 aromatic carbocycles. The molecule has 0 spiro atoms. The van der Waals surface area contributed by atoms with E-state index in [1.54, 1.807) is 0 Å². The van der Waals surface area contributed by atoms with Gasteiger partial charge in [0.05, 0.1) is 19.2 Å². The monoisotopic (exact) mass is 596 g/mol. The molecule has 7 heteroatoms. The first-order valence-corrected chi connectivity index (χ1v) is 15.8. The van der Waals surface area contributed by atoms with E-state index in [2.05, 4.69) is 20.8 Å². The molecule has 44 heavy (non-hydrogen) atoms. The molecule has 6 atom stereocenters. The van der Waals surface area contributed by atoms with Gasteiger partial charge in [0, 0.05) is 0 Å². The van der Waals surface area contributed by atoms with E-state index >= 15 is 0 Å². The number of benzene rings is 3. The van der Waals surface area contributed by atoms with E-state index in [9.17, 15) is 14.4 Å². The molecule has 1 saturated heterocycles. The Kier molecular flexibility index (Phi) is 9.72. The van der Waals surface area contributed by atoms with Crippen LogP contribution in [-0.4, -0.2) is 53.1 Å². The molecule has 2 amide bonds. The number of amides is 2. The number of ether oxygens (including phenoxy) is 2. The van der Waals surface area contributed by atoms with Crippen molar-refractivity contribution in [3.05, 3.63) is 108 Å². The molecule has 232 valence electrons. The number of urea groups is 1. The van der Waals surface area contributed by atoms with Gasteiger partial charge in [0.1, 0.15) is 6.10 Å². The summed E-state index contributed by atoms with van der Waals surface area (Å²) < 4.78 is 11.7. The predicted octanol–water partition coefficient (Wildman–Crippen LogP) is 7.19. The molecule has 0 bridgehead atoms. The number of nitrogens with zero attached hydrogens (tertiary/aromatic N) is 2. The van der Waals surface area contributed by atoms with Crippen LogP contribution in [0, 0.1) is 17.8 Å². The van der Waals surface area contributed by atoms with E-state index in [4.69, 9.17) is 9.47 Å². The number of hydrogen-bond acceptors (Lipinski definition) is 5. The summed E-state index contributed by atoms with van der Waals surface area (Å²) >= 11 is 0. The second kappa shape index (κ2) is 13.7. The fourth-order valence-corrected chi connectivity index (χ4v) is 7.10. The van der Waals surface area contributed by atoms with Crippen molar-refractivity contribution in [1.82, 2.24) is 9.80 Å². The first-order chi connectivity index (χ1) is 21.2. The fraction of sp³-hybridized carbons (Fsp3) is 0.432. The van der Waals surface area contributed by atoms with Crippen molar-refractivity contribution in [3.63, 3.8) is 0 Å². The van der Waals surface area contributed by atoms with Gasteiger partial charge in [-0.2, -0.15) is 0 Å². The molecule has 3 aromatic rings. The Morgan fingerprint density at radius 1 is 0.727 bits per heavy atom. The van der Waals surface area contributed by atoms with Gasteiger partial charge in [0.25, 0.3) is 0 Å². The fourth-order valence-electron chi connectivity index (χ4n) is 7.10.